The van der Waals surface area contributed by atoms with Gasteiger partial charge >= 0.3 is 0 Å². The molecule has 0 radical (unpaired) electrons. The highest BCUT2D eigenvalue weighted by Gasteiger charge is 2.31. The van der Waals surface area contributed by atoms with Gasteiger partial charge in [-0.15, -0.1) is 0 Å². The van der Waals surface area contributed by atoms with Crippen LogP contribution in [0.4, 0.5) is 0 Å². The van der Waals surface area contributed by atoms with Gasteiger partial charge in [0.05, 0.1) is 10.5 Å². The van der Waals surface area contributed by atoms with E-state index in [1.807, 2.05) is 13.8 Å². The Morgan fingerprint density at radius 3 is 2.71 bits per heavy atom. The van der Waals surface area contributed by atoms with Crippen LogP contribution in [0.2, 0.25) is 0 Å². The van der Waals surface area contributed by atoms with Crippen molar-refractivity contribution in [2.45, 2.75) is 50.2 Å². The first-order chi connectivity index (χ1) is 9.70. The Labute approximate surface area is 125 Å². The quantitative estimate of drug-likeness (QED) is 0.865. The molecule has 1 aliphatic heterocycles. The van der Waals surface area contributed by atoms with Crippen molar-refractivity contribution in [2.24, 2.45) is 0 Å². The summed E-state index contributed by atoms with van der Waals surface area (Å²) in [6, 6.07) is 5.95. The summed E-state index contributed by atoms with van der Waals surface area (Å²) in [5.41, 5.74) is 0.0670. The molecule has 1 aliphatic rings. The van der Waals surface area contributed by atoms with Crippen molar-refractivity contribution in [3.05, 3.63) is 29.8 Å². The van der Waals surface area contributed by atoms with E-state index in [1.165, 1.54) is 19.1 Å². The van der Waals surface area contributed by atoms with Crippen LogP contribution < -0.4 is 4.72 Å². The normalized spacial score (nSPS) is 22.0. The lowest BCUT2D eigenvalue weighted by molar-refractivity contribution is -0.0599. The highest BCUT2D eigenvalue weighted by molar-refractivity contribution is 7.89. The Morgan fingerprint density at radius 2 is 2.10 bits per heavy atom. The van der Waals surface area contributed by atoms with Gasteiger partial charge in [0.2, 0.25) is 10.0 Å². The molecule has 5 nitrogen and oxygen atoms in total. The molecule has 2 rings (SSSR count). The van der Waals surface area contributed by atoms with Crippen molar-refractivity contribution in [3.63, 3.8) is 0 Å². The maximum Gasteiger partial charge on any atom is 0.240 e. The smallest absolute Gasteiger partial charge is 0.240 e. The highest BCUT2D eigenvalue weighted by Crippen LogP contribution is 2.25. The minimum absolute atomic E-state index is 0.125. The SMILES string of the molecule is CC(=O)c1cccc(S(=O)(=O)NC2CCOC(C)(C)C2)c1. The lowest BCUT2D eigenvalue weighted by atomic mass is 9.95. The molecule has 0 aromatic heterocycles. The molecule has 1 aromatic carbocycles. The molecular weight excluding hydrogens is 290 g/mol. The van der Waals surface area contributed by atoms with Crippen LogP contribution in [0.3, 0.4) is 0 Å². The predicted octanol–water partition coefficient (Wildman–Crippen LogP) is 2.13. The molecule has 0 spiro atoms. The maximum atomic E-state index is 12.4. The van der Waals surface area contributed by atoms with Gasteiger partial charge in [0.15, 0.2) is 5.78 Å². The van der Waals surface area contributed by atoms with Gasteiger partial charge in [-0.2, -0.15) is 0 Å². The summed E-state index contributed by atoms with van der Waals surface area (Å²) in [5.74, 6) is -0.153. The number of Topliss-reactive ketones (excluding diaryl/α,β-unsaturated/α-hetero) is 1. The number of rotatable bonds is 4. The van der Waals surface area contributed by atoms with Gasteiger partial charge in [0, 0.05) is 18.2 Å². The van der Waals surface area contributed by atoms with E-state index in [0.29, 0.717) is 25.0 Å². The summed E-state index contributed by atoms with van der Waals surface area (Å²) >= 11 is 0. The third-order valence-corrected chi connectivity index (χ3v) is 5.09. The summed E-state index contributed by atoms with van der Waals surface area (Å²) in [5, 5.41) is 0. The molecule has 1 N–H and O–H groups in total. The second kappa shape index (κ2) is 5.87. The fourth-order valence-electron chi connectivity index (χ4n) is 2.50. The van der Waals surface area contributed by atoms with Crippen molar-refractivity contribution >= 4 is 15.8 Å². The van der Waals surface area contributed by atoms with Crippen LogP contribution in [0, 0.1) is 0 Å². The molecule has 116 valence electrons. The van der Waals surface area contributed by atoms with Gasteiger partial charge in [0.25, 0.3) is 0 Å². The first kappa shape index (κ1) is 16.1. The van der Waals surface area contributed by atoms with E-state index in [2.05, 4.69) is 4.72 Å². The largest absolute Gasteiger partial charge is 0.375 e. The third kappa shape index (κ3) is 4.12. The number of carbonyl (C=O) groups is 1. The lowest BCUT2D eigenvalue weighted by Gasteiger charge is -2.35. The molecule has 0 aliphatic carbocycles. The summed E-state index contributed by atoms with van der Waals surface area (Å²) in [6.45, 7) is 5.85. The Balaban J connectivity index is 2.18. The second-order valence-corrected chi connectivity index (χ2v) is 7.72. The molecule has 1 unspecified atom stereocenters. The summed E-state index contributed by atoms with van der Waals surface area (Å²) < 4.78 is 33.1. The van der Waals surface area contributed by atoms with Gasteiger partial charge in [-0.25, -0.2) is 13.1 Å². The standard InChI is InChI=1S/C15H21NO4S/c1-11(17)12-5-4-6-14(9-12)21(18,19)16-13-7-8-20-15(2,3)10-13/h4-6,9,13,16H,7-8,10H2,1-3H3. The van der Waals surface area contributed by atoms with E-state index >= 15 is 0 Å². The van der Waals surface area contributed by atoms with E-state index in [0.717, 1.165) is 0 Å². The van der Waals surface area contributed by atoms with Crippen molar-refractivity contribution < 1.29 is 17.9 Å². The fraction of sp³-hybridized carbons (Fsp3) is 0.533. The zero-order valence-corrected chi connectivity index (χ0v) is 13.4. The summed E-state index contributed by atoms with van der Waals surface area (Å²) in [7, 11) is -3.62. The maximum absolute atomic E-state index is 12.4. The number of ether oxygens (including phenoxy) is 1. The Morgan fingerprint density at radius 1 is 1.38 bits per heavy atom. The molecule has 0 saturated carbocycles. The molecule has 1 saturated heterocycles. The monoisotopic (exact) mass is 311 g/mol. The van der Waals surface area contributed by atoms with E-state index in [9.17, 15) is 13.2 Å². The number of carbonyl (C=O) groups excluding carboxylic acids is 1. The average molecular weight is 311 g/mol. The molecule has 0 bridgehead atoms. The van der Waals surface area contributed by atoms with Crippen LogP contribution in [-0.4, -0.2) is 32.5 Å². The zero-order valence-electron chi connectivity index (χ0n) is 12.5. The number of hydrogen-bond donors (Lipinski definition) is 1. The Bertz CT molecular complexity index is 637. The molecule has 0 amide bonds. The molecule has 6 heteroatoms. The second-order valence-electron chi connectivity index (χ2n) is 6.00. The van der Waals surface area contributed by atoms with Crippen LogP contribution in [0.25, 0.3) is 0 Å². The van der Waals surface area contributed by atoms with Crippen molar-refractivity contribution in [3.8, 4) is 0 Å². The lowest BCUT2D eigenvalue weighted by Crippen LogP contribution is -2.45. The number of sulfonamides is 1. The van der Waals surface area contributed by atoms with E-state index < -0.39 is 10.0 Å². The van der Waals surface area contributed by atoms with Crippen molar-refractivity contribution in [1.29, 1.82) is 0 Å². The number of ketones is 1. The molecule has 21 heavy (non-hydrogen) atoms. The average Bonchev–Trinajstić information content (AvgIpc) is 2.37. The van der Waals surface area contributed by atoms with Gasteiger partial charge in [-0.3, -0.25) is 4.79 Å². The van der Waals surface area contributed by atoms with Gasteiger partial charge in [-0.05, 0) is 45.7 Å². The summed E-state index contributed by atoms with van der Waals surface area (Å²) in [6.07, 6.45) is 1.27. The van der Waals surface area contributed by atoms with Crippen LogP contribution in [0.1, 0.15) is 44.0 Å². The minimum atomic E-state index is -3.62. The highest BCUT2D eigenvalue weighted by atomic mass is 32.2. The number of nitrogens with one attached hydrogen (secondary N) is 1. The topological polar surface area (TPSA) is 72.5 Å². The fourth-order valence-corrected chi connectivity index (χ4v) is 3.82. The first-order valence-electron chi connectivity index (χ1n) is 6.97. The number of benzene rings is 1. The molecule has 1 heterocycles. The molecule has 1 aromatic rings. The zero-order chi connectivity index (χ0) is 15.7. The van der Waals surface area contributed by atoms with Gasteiger partial charge in [0.1, 0.15) is 0 Å². The van der Waals surface area contributed by atoms with Crippen molar-refractivity contribution in [1.82, 2.24) is 4.72 Å². The number of hydrogen-bond acceptors (Lipinski definition) is 4. The predicted molar refractivity (Wildman–Crippen MR) is 79.8 cm³/mol. The Kier molecular flexibility index (Phi) is 4.51. The summed E-state index contributed by atoms with van der Waals surface area (Å²) in [4.78, 5) is 11.5. The van der Waals surface area contributed by atoms with Gasteiger partial charge in [-0.1, -0.05) is 12.1 Å². The van der Waals surface area contributed by atoms with Crippen LogP contribution in [0.5, 0.6) is 0 Å². The Hall–Kier alpha value is -1.24. The third-order valence-electron chi connectivity index (χ3n) is 3.57. The van der Waals surface area contributed by atoms with Gasteiger partial charge < -0.3 is 4.74 Å². The molecular formula is C15H21NO4S. The van der Waals surface area contributed by atoms with Crippen LogP contribution >= 0.6 is 0 Å². The van der Waals surface area contributed by atoms with E-state index in [4.69, 9.17) is 4.74 Å². The minimum Gasteiger partial charge on any atom is -0.375 e. The molecule has 1 atom stereocenters. The van der Waals surface area contributed by atoms with Crippen LogP contribution in [0.15, 0.2) is 29.2 Å². The molecule has 1 fully saturated rings. The van der Waals surface area contributed by atoms with E-state index in [1.54, 1.807) is 12.1 Å². The first-order valence-corrected chi connectivity index (χ1v) is 8.45. The van der Waals surface area contributed by atoms with Crippen LogP contribution in [-0.2, 0) is 14.8 Å². The van der Waals surface area contributed by atoms with E-state index in [-0.39, 0.29) is 22.3 Å². The van der Waals surface area contributed by atoms with Crippen molar-refractivity contribution in [2.75, 3.05) is 6.61 Å².